The molecule has 1 aliphatic carbocycles. The first-order chi connectivity index (χ1) is 9.97. The van der Waals surface area contributed by atoms with Crippen molar-refractivity contribution in [3.63, 3.8) is 0 Å². The van der Waals surface area contributed by atoms with Crippen molar-refractivity contribution < 1.29 is 13.2 Å². The minimum absolute atomic E-state index is 0.0173. The fourth-order valence-corrected chi connectivity index (χ4v) is 3.61. The molecule has 21 heavy (non-hydrogen) atoms. The molecule has 0 saturated heterocycles. The van der Waals surface area contributed by atoms with Crippen molar-refractivity contribution in [1.82, 2.24) is 9.71 Å². The summed E-state index contributed by atoms with van der Waals surface area (Å²) in [6.45, 7) is 0. The first-order valence-corrected chi connectivity index (χ1v) is 8.09. The van der Waals surface area contributed by atoms with Crippen molar-refractivity contribution in [2.75, 3.05) is 0 Å². The lowest BCUT2D eigenvalue weighted by atomic mass is 10.1. The summed E-state index contributed by atoms with van der Waals surface area (Å²) in [6, 6.07) is 9.24. The smallest absolute Gasteiger partial charge is 0.242 e. The largest absolute Gasteiger partial charge is 0.294 e. The topological polar surface area (TPSA) is 76.1 Å². The number of carbonyl (C=O) groups is 1. The summed E-state index contributed by atoms with van der Waals surface area (Å²) in [5.41, 5.74) is 1.27. The summed E-state index contributed by atoms with van der Waals surface area (Å²) in [7, 11) is -3.75. The number of Topliss-reactive ketones (excluding diaryl/α,β-unsaturated/α-hetero) is 1. The number of nitrogens with zero attached hydrogens (tertiary/aromatic N) is 1. The minimum Gasteiger partial charge on any atom is -0.294 e. The number of nitrogens with one attached hydrogen (secondary N) is 1. The lowest BCUT2D eigenvalue weighted by Gasteiger charge is -2.13. The first kappa shape index (κ1) is 14.2. The maximum atomic E-state index is 12.3. The summed E-state index contributed by atoms with van der Waals surface area (Å²) in [5.74, 6) is -0.0625. The number of carbonyl (C=O) groups excluding carboxylic acids is 1. The second-order valence-electron chi connectivity index (χ2n) is 4.71. The molecule has 1 aromatic carbocycles. The van der Waals surface area contributed by atoms with Crippen LogP contribution in [0.1, 0.15) is 28.4 Å². The lowest BCUT2D eigenvalue weighted by molar-refractivity contribution is 0.0988. The normalized spacial score (nSPS) is 17.8. The highest BCUT2D eigenvalue weighted by molar-refractivity contribution is 7.89. The molecule has 0 fully saturated rings. The molecule has 1 aliphatic rings. The van der Waals surface area contributed by atoms with E-state index in [1.54, 1.807) is 24.3 Å². The van der Waals surface area contributed by atoms with Gasteiger partial charge in [0.2, 0.25) is 10.0 Å². The van der Waals surface area contributed by atoms with Gasteiger partial charge in [0.25, 0.3) is 0 Å². The van der Waals surface area contributed by atoms with Crippen LogP contribution in [0, 0.1) is 0 Å². The Morgan fingerprint density at radius 1 is 1.19 bits per heavy atom. The highest BCUT2D eigenvalue weighted by Crippen LogP contribution is 2.32. The van der Waals surface area contributed by atoms with Crippen molar-refractivity contribution >= 4 is 27.4 Å². The van der Waals surface area contributed by atoms with Crippen molar-refractivity contribution in [3.05, 3.63) is 58.9 Å². The van der Waals surface area contributed by atoms with E-state index in [-0.39, 0.29) is 22.3 Å². The Morgan fingerprint density at radius 3 is 2.67 bits per heavy atom. The van der Waals surface area contributed by atoms with E-state index in [9.17, 15) is 13.2 Å². The predicted molar refractivity (Wildman–Crippen MR) is 77.7 cm³/mol. The Labute approximate surface area is 127 Å². The molecule has 1 N–H and O–H groups in total. The molecule has 5 nitrogen and oxygen atoms in total. The summed E-state index contributed by atoms with van der Waals surface area (Å²) in [6.07, 6.45) is 1.31. The van der Waals surface area contributed by atoms with E-state index >= 15 is 0 Å². The number of hydrogen-bond acceptors (Lipinski definition) is 4. The van der Waals surface area contributed by atoms with E-state index in [1.165, 1.54) is 18.3 Å². The van der Waals surface area contributed by atoms with Gasteiger partial charge in [-0.05, 0) is 17.7 Å². The van der Waals surface area contributed by atoms with Crippen LogP contribution >= 0.6 is 11.6 Å². The van der Waals surface area contributed by atoms with Crippen LogP contribution in [0.25, 0.3) is 0 Å². The van der Waals surface area contributed by atoms with E-state index in [1.807, 2.05) is 0 Å². The van der Waals surface area contributed by atoms with E-state index < -0.39 is 16.1 Å². The van der Waals surface area contributed by atoms with Crippen LogP contribution in [0.5, 0.6) is 0 Å². The van der Waals surface area contributed by atoms with Crippen LogP contribution in [-0.4, -0.2) is 19.2 Å². The van der Waals surface area contributed by atoms with Gasteiger partial charge in [-0.2, -0.15) is 0 Å². The standard InChI is InChI=1S/C14H11ClN2O3S/c15-14-6-5-9(8-16-14)21(19,20)17-12-7-13(18)11-4-2-1-3-10(11)12/h1-6,8,12,17H,7H2/t12-/m1/s1. The van der Waals surface area contributed by atoms with Gasteiger partial charge in [0.15, 0.2) is 5.78 Å². The monoisotopic (exact) mass is 322 g/mol. The number of aromatic nitrogens is 1. The van der Waals surface area contributed by atoms with Gasteiger partial charge < -0.3 is 0 Å². The molecule has 2 aromatic rings. The number of pyridine rings is 1. The number of ketones is 1. The van der Waals surface area contributed by atoms with Gasteiger partial charge in [-0.25, -0.2) is 18.1 Å². The summed E-state index contributed by atoms with van der Waals surface area (Å²) in [4.78, 5) is 15.7. The molecular formula is C14H11ClN2O3S. The quantitative estimate of drug-likeness (QED) is 0.880. The Hall–Kier alpha value is -1.76. The van der Waals surface area contributed by atoms with E-state index in [4.69, 9.17) is 11.6 Å². The zero-order valence-corrected chi connectivity index (χ0v) is 12.4. The van der Waals surface area contributed by atoms with Crippen LogP contribution in [0.4, 0.5) is 0 Å². The van der Waals surface area contributed by atoms with Gasteiger partial charge in [0, 0.05) is 18.2 Å². The average molecular weight is 323 g/mol. The van der Waals surface area contributed by atoms with E-state index in [0.29, 0.717) is 11.1 Å². The molecule has 0 spiro atoms. The molecule has 108 valence electrons. The number of rotatable bonds is 3. The molecule has 7 heteroatoms. The number of fused-ring (bicyclic) bond motifs is 1. The maximum absolute atomic E-state index is 12.3. The molecule has 0 amide bonds. The van der Waals surface area contributed by atoms with Crippen LogP contribution < -0.4 is 4.72 Å². The van der Waals surface area contributed by atoms with Crippen molar-refractivity contribution in [3.8, 4) is 0 Å². The maximum Gasteiger partial charge on any atom is 0.242 e. The Bertz CT molecular complexity index is 803. The Balaban J connectivity index is 1.91. The summed E-state index contributed by atoms with van der Waals surface area (Å²) < 4.78 is 27.2. The zero-order valence-electron chi connectivity index (χ0n) is 10.8. The molecule has 3 rings (SSSR count). The Kier molecular flexibility index (Phi) is 3.52. The number of benzene rings is 1. The van der Waals surface area contributed by atoms with Gasteiger partial charge in [-0.15, -0.1) is 0 Å². The molecule has 0 unspecified atom stereocenters. The molecule has 1 atom stereocenters. The highest BCUT2D eigenvalue weighted by atomic mass is 35.5. The summed E-state index contributed by atoms with van der Waals surface area (Å²) in [5, 5.41) is 0.218. The second-order valence-corrected chi connectivity index (χ2v) is 6.81. The molecule has 1 aromatic heterocycles. The van der Waals surface area contributed by atoms with E-state index in [2.05, 4.69) is 9.71 Å². The van der Waals surface area contributed by atoms with Crippen molar-refractivity contribution in [1.29, 1.82) is 0 Å². The third kappa shape index (κ3) is 2.70. The van der Waals surface area contributed by atoms with Crippen LogP contribution in [0.3, 0.4) is 0 Å². The molecule has 1 heterocycles. The van der Waals surface area contributed by atoms with E-state index in [0.717, 1.165) is 0 Å². The van der Waals surface area contributed by atoms with Gasteiger partial charge in [0.05, 0.1) is 6.04 Å². The SMILES string of the molecule is O=C1C[C@@H](NS(=O)(=O)c2ccc(Cl)nc2)c2ccccc21. The zero-order chi connectivity index (χ0) is 15.0. The lowest BCUT2D eigenvalue weighted by Crippen LogP contribution is -2.27. The first-order valence-electron chi connectivity index (χ1n) is 6.23. The average Bonchev–Trinajstić information content (AvgIpc) is 2.76. The predicted octanol–water partition coefficient (Wildman–Crippen LogP) is 2.34. The van der Waals surface area contributed by atoms with Crippen LogP contribution in [0.15, 0.2) is 47.5 Å². The Morgan fingerprint density at radius 2 is 1.95 bits per heavy atom. The molecule has 0 saturated carbocycles. The molecular weight excluding hydrogens is 312 g/mol. The van der Waals surface area contributed by atoms with Crippen molar-refractivity contribution in [2.24, 2.45) is 0 Å². The molecule has 0 aliphatic heterocycles. The number of sulfonamides is 1. The number of halogens is 1. The van der Waals surface area contributed by atoms with Crippen LogP contribution in [-0.2, 0) is 10.0 Å². The number of hydrogen-bond donors (Lipinski definition) is 1. The van der Waals surface area contributed by atoms with Crippen LogP contribution in [0.2, 0.25) is 5.15 Å². The highest BCUT2D eigenvalue weighted by Gasteiger charge is 2.32. The van der Waals surface area contributed by atoms with Gasteiger partial charge in [0.1, 0.15) is 10.0 Å². The van der Waals surface area contributed by atoms with Gasteiger partial charge >= 0.3 is 0 Å². The van der Waals surface area contributed by atoms with Gasteiger partial charge in [-0.3, -0.25) is 4.79 Å². The third-order valence-corrected chi connectivity index (χ3v) is 5.01. The molecule has 0 radical (unpaired) electrons. The van der Waals surface area contributed by atoms with Gasteiger partial charge in [-0.1, -0.05) is 35.9 Å². The fourth-order valence-electron chi connectivity index (χ4n) is 2.34. The summed E-state index contributed by atoms with van der Waals surface area (Å²) >= 11 is 5.65. The third-order valence-electron chi connectivity index (χ3n) is 3.33. The van der Waals surface area contributed by atoms with Crippen molar-refractivity contribution in [2.45, 2.75) is 17.4 Å². The fraction of sp³-hybridized carbons (Fsp3) is 0.143. The molecule has 0 bridgehead atoms. The minimum atomic E-state index is -3.75. The second kappa shape index (κ2) is 5.22.